The topological polar surface area (TPSA) is 81.4 Å². The van der Waals surface area contributed by atoms with Crippen LogP contribution in [-0.4, -0.2) is 20.6 Å². The molecule has 0 aliphatic carbocycles. The van der Waals surface area contributed by atoms with Gasteiger partial charge in [0.2, 0.25) is 0 Å². The zero-order valence-corrected chi connectivity index (χ0v) is 11.2. The molecule has 0 saturated carbocycles. The van der Waals surface area contributed by atoms with Crippen molar-refractivity contribution in [3.05, 3.63) is 52.1 Å². The number of aromatic nitrogens is 2. The fourth-order valence-electron chi connectivity index (χ4n) is 1.75. The number of ether oxygens (including phenoxy) is 1. The lowest BCUT2D eigenvalue weighted by Gasteiger charge is -2.09. The molecule has 1 aromatic carbocycles. The van der Waals surface area contributed by atoms with Gasteiger partial charge < -0.3 is 14.4 Å². The molecule has 1 N–H and O–H groups in total. The fraction of sp³-hybridized carbons (Fsp3) is 0.214. The van der Waals surface area contributed by atoms with Crippen molar-refractivity contribution in [2.45, 2.75) is 20.4 Å². The maximum absolute atomic E-state index is 12.0. The zero-order valence-electron chi connectivity index (χ0n) is 11.2. The Balaban J connectivity index is 2.36. The molecule has 0 saturated heterocycles. The second kappa shape index (κ2) is 5.56. The number of carboxylic acid groups (broad SMARTS) is 1. The molecule has 0 aliphatic rings. The van der Waals surface area contributed by atoms with E-state index in [1.165, 1.54) is 29.0 Å². The van der Waals surface area contributed by atoms with Gasteiger partial charge >= 0.3 is 11.5 Å². The third kappa shape index (κ3) is 2.69. The van der Waals surface area contributed by atoms with Crippen molar-refractivity contribution in [1.82, 2.24) is 9.55 Å². The van der Waals surface area contributed by atoms with Crippen molar-refractivity contribution in [3.63, 3.8) is 0 Å². The third-order valence-corrected chi connectivity index (χ3v) is 2.85. The molecule has 0 aliphatic heterocycles. The summed E-state index contributed by atoms with van der Waals surface area (Å²) >= 11 is 0. The maximum Gasteiger partial charge on any atom is 0.335 e. The number of benzene rings is 1. The molecule has 0 spiro atoms. The predicted molar refractivity (Wildman–Crippen MR) is 72.4 cm³/mol. The molecule has 2 aromatic rings. The lowest BCUT2D eigenvalue weighted by atomic mass is 10.1. The number of hydrogen-bond acceptors (Lipinski definition) is 4. The van der Waals surface area contributed by atoms with Gasteiger partial charge in [-0.1, -0.05) is 0 Å². The molecule has 0 atom stereocenters. The van der Waals surface area contributed by atoms with Crippen LogP contribution in [0.25, 0.3) is 0 Å². The van der Waals surface area contributed by atoms with E-state index in [-0.39, 0.29) is 17.0 Å². The molecule has 6 nitrogen and oxygen atoms in total. The van der Waals surface area contributed by atoms with Crippen LogP contribution in [0.15, 0.2) is 35.4 Å². The SMILES string of the molecule is CCn1ccnc(Oc2ccc(C(=O)O)cc2C)c1=O. The van der Waals surface area contributed by atoms with E-state index in [1.54, 1.807) is 13.1 Å². The summed E-state index contributed by atoms with van der Waals surface area (Å²) in [6.07, 6.45) is 3.07. The Kier molecular flexibility index (Phi) is 3.84. The normalized spacial score (nSPS) is 10.3. The molecule has 1 heterocycles. The van der Waals surface area contributed by atoms with Crippen molar-refractivity contribution in [2.75, 3.05) is 0 Å². The first-order valence-corrected chi connectivity index (χ1v) is 6.10. The van der Waals surface area contributed by atoms with E-state index in [4.69, 9.17) is 9.84 Å². The smallest absolute Gasteiger partial charge is 0.335 e. The molecule has 0 fully saturated rings. The lowest BCUT2D eigenvalue weighted by molar-refractivity contribution is 0.0697. The van der Waals surface area contributed by atoms with Gasteiger partial charge in [-0.2, -0.15) is 0 Å². The minimum Gasteiger partial charge on any atom is -0.478 e. The summed E-state index contributed by atoms with van der Waals surface area (Å²) in [4.78, 5) is 26.7. The van der Waals surface area contributed by atoms with Crippen molar-refractivity contribution < 1.29 is 14.6 Å². The molecule has 1 aromatic heterocycles. The van der Waals surface area contributed by atoms with E-state index >= 15 is 0 Å². The minimum atomic E-state index is -1.01. The van der Waals surface area contributed by atoms with Crippen LogP contribution >= 0.6 is 0 Å². The first-order chi connectivity index (χ1) is 9.52. The van der Waals surface area contributed by atoms with Crippen LogP contribution in [-0.2, 0) is 6.54 Å². The highest BCUT2D eigenvalue weighted by atomic mass is 16.5. The highest BCUT2D eigenvalue weighted by Crippen LogP contribution is 2.22. The highest BCUT2D eigenvalue weighted by molar-refractivity contribution is 5.88. The number of nitrogens with zero attached hydrogens (tertiary/aromatic N) is 2. The quantitative estimate of drug-likeness (QED) is 0.922. The van der Waals surface area contributed by atoms with Gasteiger partial charge in [0.05, 0.1) is 5.56 Å². The summed E-state index contributed by atoms with van der Waals surface area (Å²) < 4.78 is 6.96. The van der Waals surface area contributed by atoms with Gasteiger partial charge in [0.15, 0.2) is 0 Å². The summed E-state index contributed by atoms with van der Waals surface area (Å²) in [6.45, 7) is 4.08. The van der Waals surface area contributed by atoms with Crippen molar-refractivity contribution in [3.8, 4) is 11.6 Å². The summed E-state index contributed by atoms with van der Waals surface area (Å²) in [6, 6.07) is 4.42. The van der Waals surface area contributed by atoms with Gasteiger partial charge in [0.1, 0.15) is 5.75 Å². The fourth-order valence-corrected chi connectivity index (χ4v) is 1.75. The Morgan fingerprint density at radius 2 is 2.20 bits per heavy atom. The van der Waals surface area contributed by atoms with E-state index in [2.05, 4.69) is 4.98 Å². The van der Waals surface area contributed by atoms with E-state index in [1.807, 2.05) is 6.92 Å². The second-order valence-corrected chi connectivity index (χ2v) is 4.21. The van der Waals surface area contributed by atoms with Crippen molar-refractivity contribution in [1.29, 1.82) is 0 Å². The second-order valence-electron chi connectivity index (χ2n) is 4.21. The van der Waals surface area contributed by atoms with Crippen molar-refractivity contribution in [2.24, 2.45) is 0 Å². The molecule has 20 heavy (non-hydrogen) atoms. The molecule has 2 rings (SSSR count). The summed E-state index contributed by atoms with van der Waals surface area (Å²) in [5, 5.41) is 8.90. The number of aryl methyl sites for hydroxylation is 2. The summed E-state index contributed by atoms with van der Waals surface area (Å²) in [5.41, 5.74) is 0.469. The van der Waals surface area contributed by atoms with Crippen LogP contribution < -0.4 is 10.3 Å². The summed E-state index contributed by atoms with van der Waals surface area (Å²) in [5.74, 6) is -0.625. The molecule has 0 radical (unpaired) electrons. The van der Waals surface area contributed by atoms with E-state index in [0.29, 0.717) is 17.9 Å². The Morgan fingerprint density at radius 3 is 2.80 bits per heavy atom. The average molecular weight is 274 g/mol. The van der Waals surface area contributed by atoms with Crippen LogP contribution in [0.1, 0.15) is 22.8 Å². The van der Waals surface area contributed by atoms with Gasteiger partial charge in [-0.15, -0.1) is 0 Å². The molecular weight excluding hydrogens is 260 g/mol. The van der Waals surface area contributed by atoms with Gasteiger partial charge in [-0.25, -0.2) is 9.78 Å². The van der Waals surface area contributed by atoms with Gasteiger partial charge in [0.25, 0.3) is 5.88 Å². The van der Waals surface area contributed by atoms with Crippen LogP contribution in [0.4, 0.5) is 0 Å². The number of rotatable bonds is 4. The number of aromatic carboxylic acids is 1. The molecule has 0 amide bonds. The summed E-state index contributed by atoms with van der Waals surface area (Å²) in [7, 11) is 0. The number of hydrogen-bond donors (Lipinski definition) is 1. The Labute approximate surface area is 115 Å². The molecule has 104 valence electrons. The lowest BCUT2D eigenvalue weighted by Crippen LogP contribution is -2.20. The van der Waals surface area contributed by atoms with Crippen LogP contribution in [0.5, 0.6) is 11.6 Å². The largest absolute Gasteiger partial charge is 0.478 e. The van der Waals surface area contributed by atoms with E-state index in [9.17, 15) is 9.59 Å². The number of carboxylic acids is 1. The van der Waals surface area contributed by atoms with Crippen LogP contribution in [0, 0.1) is 6.92 Å². The molecule has 0 unspecified atom stereocenters. The molecule has 6 heteroatoms. The van der Waals surface area contributed by atoms with E-state index < -0.39 is 5.97 Å². The van der Waals surface area contributed by atoms with Crippen molar-refractivity contribution >= 4 is 5.97 Å². The number of carbonyl (C=O) groups is 1. The Bertz CT molecular complexity index is 707. The third-order valence-electron chi connectivity index (χ3n) is 2.85. The van der Waals surface area contributed by atoms with Gasteiger partial charge in [-0.3, -0.25) is 4.79 Å². The molecule has 0 bridgehead atoms. The Hall–Kier alpha value is -2.63. The first kappa shape index (κ1) is 13.8. The minimum absolute atomic E-state index is 0.0273. The van der Waals surface area contributed by atoms with E-state index in [0.717, 1.165) is 0 Å². The Morgan fingerprint density at radius 1 is 1.45 bits per heavy atom. The monoisotopic (exact) mass is 274 g/mol. The molecular formula is C14H14N2O4. The van der Waals surface area contributed by atoms with Gasteiger partial charge in [0, 0.05) is 18.9 Å². The standard InChI is InChI=1S/C14H14N2O4/c1-3-16-7-6-15-12(13(16)17)20-11-5-4-10(14(18)19)8-9(11)2/h4-8H,3H2,1-2H3,(H,18,19). The zero-order chi connectivity index (χ0) is 14.7. The van der Waals surface area contributed by atoms with Gasteiger partial charge in [-0.05, 0) is 37.6 Å². The maximum atomic E-state index is 12.0. The first-order valence-electron chi connectivity index (χ1n) is 6.10. The average Bonchev–Trinajstić information content (AvgIpc) is 2.43. The predicted octanol–water partition coefficient (Wildman–Crippen LogP) is 2.06. The highest BCUT2D eigenvalue weighted by Gasteiger charge is 2.10. The van der Waals surface area contributed by atoms with Crippen LogP contribution in [0.2, 0.25) is 0 Å². The van der Waals surface area contributed by atoms with Crippen LogP contribution in [0.3, 0.4) is 0 Å².